The predicted octanol–water partition coefficient (Wildman–Crippen LogP) is 1.79. The molecule has 1 aromatic carbocycles. The van der Waals surface area contributed by atoms with E-state index in [1.54, 1.807) is 11.4 Å². The van der Waals surface area contributed by atoms with Crippen LogP contribution in [-0.2, 0) is 23.0 Å². The third-order valence-corrected chi connectivity index (χ3v) is 5.27. The molecule has 1 heterocycles. The number of hydrogen-bond donors (Lipinski definition) is 0. The second-order valence-corrected chi connectivity index (χ2v) is 6.62. The zero-order chi connectivity index (χ0) is 13.2. The van der Waals surface area contributed by atoms with Gasteiger partial charge in [0.15, 0.2) is 0 Å². The fraction of sp³-hybridized carbons (Fsp3) is 0.538. The molecule has 0 amide bonds. The van der Waals surface area contributed by atoms with Crippen molar-refractivity contribution in [1.29, 1.82) is 0 Å². The number of hydrogen-bond acceptors (Lipinski definition) is 3. The largest absolute Gasteiger partial charge is 0.497 e. The normalized spacial score (nSPS) is 16.3. The van der Waals surface area contributed by atoms with Gasteiger partial charge in [-0.3, -0.25) is 0 Å². The summed E-state index contributed by atoms with van der Waals surface area (Å²) in [7, 11) is -1.45. The van der Waals surface area contributed by atoms with Gasteiger partial charge in [-0.25, -0.2) is 8.42 Å². The first-order valence-corrected chi connectivity index (χ1v) is 7.81. The lowest BCUT2D eigenvalue weighted by atomic mass is 10.0. The molecule has 0 aromatic heterocycles. The minimum atomic E-state index is -3.09. The van der Waals surface area contributed by atoms with Gasteiger partial charge in [-0.1, -0.05) is 13.0 Å². The van der Waals surface area contributed by atoms with Crippen LogP contribution in [0.25, 0.3) is 0 Å². The number of ether oxygens (including phenoxy) is 1. The first-order chi connectivity index (χ1) is 8.56. The Morgan fingerprint density at radius 2 is 2.11 bits per heavy atom. The summed E-state index contributed by atoms with van der Waals surface area (Å²) in [6.07, 6.45) is 1.42. The lowest BCUT2D eigenvalue weighted by Gasteiger charge is -2.28. The second kappa shape index (κ2) is 5.28. The highest BCUT2D eigenvalue weighted by atomic mass is 32.2. The Kier molecular flexibility index (Phi) is 3.92. The van der Waals surface area contributed by atoms with Crippen LogP contribution in [0.5, 0.6) is 5.75 Å². The minimum Gasteiger partial charge on any atom is -0.497 e. The highest BCUT2D eigenvalue weighted by Crippen LogP contribution is 2.25. The van der Waals surface area contributed by atoms with Gasteiger partial charge in [0.1, 0.15) is 5.75 Å². The summed E-state index contributed by atoms with van der Waals surface area (Å²) >= 11 is 0. The van der Waals surface area contributed by atoms with Gasteiger partial charge in [-0.05, 0) is 36.1 Å². The molecule has 1 aliphatic heterocycles. The summed E-state index contributed by atoms with van der Waals surface area (Å²) in [5.41, 5.74) is 2.28. The van der Waals surface area contributed by atoms with Crippen molar-refractivity contribution in [1.82, 2.24) is 4.31 Å². The highest BCUT2D eigenvalue weighted by Gasteiger charge is 2.25. The van der Waals surface area contributed by atoms with E-state index >= 15 is 0 Å². The van der Waals surface area contributed by atoms with Crippen LogP contribution in [-0.4, -0.2) is 32.1 Å². The van der Waals surface area contributed by atoms with E-state index in [-0.39, 0.29) is 5.75 Å². The van der Waals surface area contributed by atoms with Crippen LogP contribution in [0.3, 0.4) is 0 Å². The van der Waals surface area contributed by atoms with Crippen LogP contribution in [0.1, 0.15) is 24.5 Å². The predicted molar refractivity (Wildman–Crippen MR) is 71.2 cm³/mol. The molecule has 0 fully saturated rings. The second-order valence-electron chi connectivity index (χ2n) is 4.53. The zero-order valence-electron chi connectivity index (χ0n) is 10.8. The van der Waals surface area contributed by atoms with E-state index in [0.717, 1.165) is 17.7 Å². The molecule has 0 saturated heterocycles. The van der Waals surface area contributed by atoms with Crippen LogP contribution >= 0.6 is 0 Å². The fourth-order valence-electron chi connectivity index (χ4n) is 2.25. The van der Waals surface area contributed by atoms with Crippen LogP contribution in [0.4, 0.5) is 0 Å². The standard InChI is InChI=1S/C13H19NO3S/c1-3-8-18(15,16)14-7-6-11-9-13(17-2)5-4-12(11)10-14/h4-5,9H,3,6-8,10H2,1-2H3. The Morgan fingerprint density at radius 1 is 1.33 bits per heavy atom. The molecule has 0 radical (unpaired) electrons. The molecule has 0 bridgehead atoms. The molecule has 0 atom stereocenters. The van der Waals surface area contributed by atoms with Crippen molar-refractivity contribution in [2.24, 2.45) is 0 Å². The van der Waals surface area contributed by atoms with E-state index in [0.29, 0.717) is 19.5 Å². The van der Waals surface area contributed by atoms with Crippen molar-refractivity contribution in [3.05, 3.63) is 29.3 Å². The average Bonchev–Trinajstić information content (AvgIpc) is 2.37. The molecule has 4 nitrogen and oxygen atoms in total. The summed E-state index contributed by atoms with van der Waals surface area (Å²) in [6.45, 7) is 2.95. The van der Waals surface area contributed by atoms with Crippen molar-refractivity contribution >= 4 is 10.0 Å². The molecule has 1 aromatic rings. The van der Waals surface area contributed by atoms with E-state index in [1.165, 1.54) is 5.56 Å². The molecule has 0 spiro atoms. The number of rotatable bonds is 4. The molecule has 0 N–H and O–H groups in total. The number of benzene rings is 1. The smallest absolute Gasteiger partial charge is 0.214 e. The van der Waals surface area contributed by atoms with Crippen LogP contribution in [0, 0.1) is 0 Å². The highest BCUT2D eigenvalue weighted by molar-refractivity contribution is 7.89. The maximum absolute atomic E-state index is 12.0. The molecule has 1 aliphatic rings. The Bertz CT molecular complexity index is 525. The maximum Gasteiger partial charge on any atom is 0.214 e. The lowest BCUT2D eigenvalue weighted by Crippen LogP contribution is -2.37. The van der Waals surface area contributed by atoms with Gasteiger partial charge >= 0.3 is 0 Å². The first-order valence-electron chi connectivity index (χ1n) is 6.20. The molecular weight excluding hydrogens is 250 g/mol. The summed E-state index contributed by atoms with van der Waals surface area (Å²) in [5, 5.41) is 0. The molecule has 0 unspecified atom stereocenters. The quantitative estimate of drug-likeness (QED) is 0.837. The van der Waals surface area contributed by atoms with Crippen molar-refractivity contribution in [3.8, 4) is 5.75 Å². The summed E-state index contributed by atoms with van der Waals surface area (Å²) in [4.78, 5) is 0. The van der Waals surface area contributed by atoms with Crippen molar-refractivity contribution < 1.29 is 13.2 Å². The third kappa shape index (κ3) is 2.67. The summed E-state index contributed by atoms with van der Waals surface area (Å²) in [5.74, 6) is 1.07. The minimum absolute atomic E-state index is 0.235. The zero-order valence-corrected chi connectivity index (χ0v) is 11.7. The Balaban J connectivity index is 2.20. The summed E-state index contributed by atoms with van der Waals surface area (Å²) in [6, 6.07) is 5.84. The van der Waals surface area contributed by atoms with Crippen LogP contribution in [0.2, 0.25) is 0 Å². The van der Waals surface area contributed by atoms with Crippen molar-refractivity contribution in [3.63, 3.8) is 0 Å². The molecule has 100 valence electrons. The van der Waals surface area contributed by atoms with E-state index in [2.05, 4.69) is 0 Å². The van der Waals surface area contributed by atoms with Gasteiger partial charge in [0, 0.05) is 13.1 Å². The van der Waals surface area contributed by atoms with Gasteiger partial charge in [0.25, 0.3) is 0 Å². The van der Waals surface area contributed by atoms with Gasteiger partial charge < -0.3 is 4.74 Å². The molecule has 5 heteroatoms. The van der Waals surface area contributed by atoms with Crippen LogP contribution in [0.15, 0.2) is 18.2 Å². The van der Waals surface area contributed by atoms with Crippen LogP contribution < -0.4 is 4.74 Å². The Labute approximate surface area is 109 Å². The number of fused-ring (bicyclic) bond motifs is 1. The maximum atomic E-state index is 12.0. The topological polar surface area (TPSA) is 46.6 Å². The van der Waals surface area contributed by atoms with E-state index < -0.39 is 10.0 Å². The Hall–Kier alpha value is -1.07. The van der Waals surface area contributed by atoms with E-state index in [4.69, 9.17) is 4.74 Å². The monoisotopic (exact) mass is 269 g/mol. The molecule has 18 heavy (non-hydrogen) atoms. The van der Waals surface area contributed by atoms with Gasteiger partial charge in [-0.2, -0.15) is 4.31 Å². The molecule has 0 aliphatic carbocycles. The van der Waals surface area contributed by atoms with Crippen molar-refractivity contribution in [2.45, 2.75) is 26.3 Å². The molecule has 2 rings (SSSR count). The van der Waals surface area contributed by atoms with Gasteiger partial charge in [0.2, 0.25) is 10.0 Å². The first kappa shape index (κ1) is 13.4. The number of nitrogens with zero attached hydrogens (tertiary/aromatic N) is 1. The number of sulfonamides is 1. The molecule has 0 saturated carbocycles. The Morgan fingerprint density at radius 3 is 2.78 bits per heavy atom. The van der Waals surface area contributed by atoms with Gasteiger partial charge in [-0.15, -0.1) is 0 Å². The van der Waals surface area contributed by atoms with E-state index in [1.807, 2.05) is 25.1 Å². The SMILES string of the molecule is CCCS(=O)(=O)N1CCc2cc(OC)ccc2C1. The summed E-state index contributed by atoms with van der Waals surface area (Å²) < 4.78 is 30.8. The average molecular weight is 269 g/mol. The van der Waals surface area contributed by atoms with E-state index in [9.17, 15) is 8.42 Å². The third-order valence-electron chi connectivity index (χ3n) is 3.25. The lowest BCUT2D eigenvalue weighted by molar-refractivity contribution is 0.386. The fourth-order valence-corrected chi connectivity index (χ4v) is 3.73. The van der Waals surface area contributed by atoms with Crippen molar-refractivity contribution in [2.75, 3.05) is 19.4 Å². The number of methoxy groups -OCH3 is 1. The van der Waals surface area contributed by atoms with Gasteiger partial charge in [0.05, 0.1) is 12.9 Å². The molecular formula is C13H19NO3S.